The van der Waals surface area contributed by atoms with Gasteiger partial charge in [0.15, 0.2) is 5.65 Å². The van der Waals surface area contributed by atoms with Crippen LogP contribution in [0, 0.1) is 17.0 Å². The number of hydrogen-bond acceptors (Lipinski definition) is 6. The van der Waals surface area contributed by atoms with Gasteiger partial charge in [0, 0.05) is 43.0 Å². The van der Waals surface area contributed by atoms with Gasteiger partial charge in [0.05, 0.1) is 44.0 Å². The number of nitro benzene ring substituents is 1. The van der Waals surface area contributed by atoms with Gasteiger partial charge in [0.25, 0.3) is 5.69 Å². The Bertz CT molecular complexity index is 2100. The third kappa shape index (κ3) is 4.47. The average Bonchev–Trinajstić information content (AvgIpc) is 3.61. The number of fused-ring (bicyclic) bond motifs is 2. The molecule has 7 rings (SSSR count). The number of aryl methyl sites for hydroxylation is 1. The highest BCUT2D eigenvalue weighted by atomic mass is 16.6. The zero-order chi connectivity index (χ0) is 29.7. The lowest BCUT2D eigenvalue weighted by molar-refractivity contribution is -0.384. The van der Waals surface area contributed by atoms with Gasteiger partial charge in [-0.05, 0) is 61.0 Å². The third-order valence-corrected chi connectivity index (χ3v) is 7.64. The number of imidazole rings is 1. The second-order valence-corrected chi connectivity index (χ2v) is 10.6. The zero-order valence-corrected chi connectivity index (χ0v) is 23.8. The van der Waals surface area contributed by atoms with Gasteiger partial charge >= 0.3 is 0 Å². The maximum atomic E-state index is 11.5. The fourth-order valence-corrected chi connectivity index (χ4v) is 5.53. The minimum Gasteiger partial charge on any atom is -0.378 e. The van der Waals surface area contributed by atoms with E-state index < -0.39 is 4.92 Å². The summed E-state index contributed by atoms with van der Waals surface area (Å²) in [5.74, 6) is 0.655. The van der Waals surface area contributed by atoms with E-state index in [9.17, 15) is 10.1 Å². The van der Waals surface area contributed by atoms with Crippen molar-refractivity contribution in [3.63, 3.8) is 0 Å². The van der Waals surface area contributed by atoms with Gasteiger partial charge in [-0.15, -0.1) is 0 Å². The molecule has 0 amide bonds. The van der Waals surface area contributed by atoms with Crippen LogP contribution < -0.4 is 4.90 Å². The first kappa shape index (κ1) is 26.1. The molecule has 210 valence electrons. The number of aromatic amines is 1. The lowest BCUT2D eigenvalue weighted by Gasteiger charge is -2.17. The van der Waals surface area contributed by atoms with E-state index in [2.05, 4.69) is 34.1 Å². The van der Waals surface area contributed by atoms with Crippen LogP contribution in [0.1, 0.15) is 5.69 Å². The van der Waals surface area contributed by atoms with Crippen molar-refractivity contribution in [2.75, 3.05) is 19.0 Å². The number of anilines is 1. The molecule has 9 heteroatoms. The molecule has 3 heterocycles. The Kier molecular flexibility index (Phi) is 6.20. The smallest absolute Gasteiger partial charge is 0.269 e. The molecule has 0 fully saturated rings. The fourth-order valence-electron chi connectivity index (χ4n) is 5.53. The zero-order valence-electron chi connectivity index (χ0n) is 23.8. The predicted molar refractivity (Wildman–Crippen MR) is 171 cm³/mol. The molecule has 4 aromatic carbocycles. The van der Waals surface area contributed by atoms with Crippen LogP contribution in [0.15, 0.2) is 103 Å². The van der Waals surface area contributed by atoms with E-state index >= 15 is 0 Å². The Labute approximate surface area is 247 Å². The molecule has 0 atom stereocenters. The number of para-hydroxylation sites is 3. The van der Waals surface area contributed by atoms with Gasteiger partial charge in [0.2, 0.25) is 0 Å². The van der Waals surface area contributed by atoms with E-state index in [-0.39, 0.29) is 5.69 Å². The van der Waals surface area contributed by atoms with Crippen molar-refractivity contribution < 1.29 is 4.92 Å². The van der Waals surface area contributed by atoms with Crippen LogP contribution in [0.5, 0.6) is 0 Å². The second kappa shape index (κ2) is 10.2. The van der Waals surface area contributed by atoms with Crippen LogP contribution >= 0.6 is 0 Å². The average molecular weight is 566 g/mol. The van der Waals surface area contributed by atoms with Gasteiger partial charge in [-0.3, -0.25) is 10.1 Å². The minimum atomic E-state index is -0.397. The van der Waals surface area contributed by atoms with Crippen LogP contribution in [0.2, 0.25) is 0 Å². The highest BCUT2D eigenvalue weighted by Crippen LogP contribution is 2.44. The van der Waals surface area contributed by atoms with Crippen LogP contribution in [0.3, 0.4) is 0 Å². The first-order chi connectivity index (χ1) is 20.9. The molecule has 7 aromatic rings. The van der Waals surface area contributed by atoms with Crippen LogP contribution in [0.4, 0.5) is 11.4 Å². The van der Waals surface area contributed by atoms with E-state index in [1.165, 1.54) is 12.1 Å². The molecule has 0 bridgehead atoms. The number of hydrogen-bond donors (Lipinski definition) is 1. The summed E-state index contributed by atoms with van der Waals surface area (Å²) in [4.78, 5) is 26.9. The summed E-state index contributed by atoms with van der Waals surface area (Å²) in [6, 6.07) is 32.7. The fraction of sp³-hybridized carbons (Fsp3) is 0.0882. The van der Waals surface area contributed by atoms with E-state index in [0.29, 0.717) is 17.2 Å². The van der Waals surface area contributed by atoms with Crippen molar-refractivity contribution in [1.29, 1.82) is 0 Å². The molecule has 0 aliphatic carbocycles. The first-order valence-corrected chi connectivity index (χ1v) is 13.9. The summed E-state index contributed by atoms with van der Waals surface area (Å²) < 4.78 is 1.86. The van der Waals surface area contributed by atoms with E-state index in [1.54, 1.807) is 12.1 Å². The third-order valence-electron chi connectivity index (χ3n) is 7.64. The maximum Gasteiger partial charge on any atom is 0.269 e. The van der Waals surface area contributed by atoms with E-state index in [1.807, 2.05) is 80.3 Å². The van der Waals surface area contributed by atoms with Crippen molar-refractivity contribution in [3.05, 3.63) is 119 Å². The standard InChI is InChI=1S/C34H27N7O2/c1-21-29-30(22-13-17-24(18-14-22)39(2)3)31(33-35-27-11-7-8-12-28(27)36-33)32(23-15-19-26(20-16-23)41(42)43)37-34(29)40(38-21)25-9-5-4-6-10-25/h4-20H,1-3H3,(H,35,36). The van der Waals surface area contributed by atoms with Gasteiger partial charge < -0.3 is 9.88 Å². The molecule has 0 unspecified atom stereocenters. The largest absolute Gasteiger partial charge is 0.378 e. The summed E-state index contributed by atoms with van der Waals surface area (Å²) in [5, 5.41) is 17.4. The molecule has 3 aromatic heterocycles. The number of nitro groups is 1. The van der Waals surface area contributed by atoms with Crippen molar-refractivity contribution in [2.45, 2.75) is 6.92 Å². The molecule has 43 heavy (non-hydrogen) atoms. The van der Waals surface area contributed by atoms with Gasteiger partial charge in [-0.2, -0.15) is 5.10 Å². The predicted octanol–water partition coefficient (Wildman–Crippen LogP) is 7.58. The number of aromatic nitrogens is 5. The van der Waals surface area contributed by atoms with Gasteiger partial charge in [-0.1, -0.05) is 42.5 Å². The normalized spacial score (nSPS) is 11.3. The van der Waals surface area contributed by atoms with E-state index in [0.717, 1.165) is 55.7 Å². The van der Waals surface area contributed by atoms with Gasteiger partial charge in [0.1, 0.15) is 5.82 Å². The minimum absolute atomic E-state index is 0.0137. The first-order valence-electron chi connectivity index (χ1n) is 13.9. The van der Waals surface area contributed by atoms with Crippen molar-refractivity contribution >= 4 is 33.4 Å². The number of nitrogens with one attached hydrogen (secondary N) is 1. The highest BCUT2D eigenvalue weighted by molar-refractivity contribution is 6.07. The summed E-state index contributed by atoms with van der Waals surface area (Å²) in [7, 11) is 4.03. The summed E-state index contributed by atoms with van der Waals surface area (Å²) >= 11 is 0. The Morgan fingerprint density at radius 1 is 0.791 bits per heavy atom. The summed E-state index contributed by atoms with van der Waals surface area (Å²) in [6.07, 6.45) is 0. The lowest BCUT2D eigenvalue weighted by Crippen LogP contribution is -2.08. The number of benzene rings is 4. The number of H-pyrrole nitrogens is 1. The molecular weight excluding hydrogens is 538 g/mol. The molecule has 0 aliphatic rings. The molecule has 0 radical (unpaired) electrons. The molecule has 9 nitrogen and oxygen atoms in total. The Hall–Kier alpha value is -5.83. The number of nitrogens with zero attached hydrogens (tertiary/aromatic N) is 6. The van der Waals surface area contributed by atoms with Crippen LogP contribution in [-0.4, -0.2) is 43.8 Å². The molecule has 0 spiro atoms. The summed E-state index contributed by atoms with van der Waals surface area (Å²) in [5.41, 5.74) is 9.29. The monoisotopic (exact) mass is 565 g/mol. The molecule has 0 saturated heterocycles. The van der Waals surface area contributed by atoms with Crippen molar-refractivity contribution in [3.8, 4) is 39.5 Å². The molecular formula is C34H27N7O2. The maximum absolute atomic E-state index is 11.5. The Balaban J connectivity index is 1.63. The van der Waals surface area contributed by atoms with Crippen molar-refractivity contribution in [1.82, 2.24) is 24.7 Å². The van der Waals surface area contributed by atoms with E-state index in [4.69, 9.17) is 15.1 Å². The Morgan fingerprint density at radius 2 is 1.47 bits per heavy atom. The topological polar surface area (TPSA) is 106 Å². The van der Waals surface area contributed by atoms with Crippen molar-refractivity contribution in [2.24, 2.45) is 0 Å². The quantitative estimate of drug-likeness (QED) is 0.165. The highest BCUT2D eigenvalue weighted by Gasteiger charge is 2.26. The molecule has 1 N–H and O–H groups in total. The molecule has 0 saturated carbocycles. The summed E-state index contributed by atoms with van der Waals surface area (Å²) in [6.45, 7) is 2.00. The van der Waals surface area contributed by atoms with Gasteiger partial charge in [-0.25, -0.2) is 14.6 Å². The lowest BCUT2D eigenvalue weighted by atomic mass is 9.92. The second-order valence-electron chi connectivity index (χ2n) is 10.6. The molecule has 0 aliphatic heterocycles. The van der Waals surface area contributed by atoms with Crippen LogP contribution in [0.25, 0.3) is 61.5 Å². The number of rotatable bonds is 6. The SMILES string of the molecule is Cc1nn(-c2ccccc2)c2nc(-c3ccc([N+](=O)[O-])cc3)c(-c3nc4ccccc4[nH]3)c(-c3ccc(N(C)C)cc3)c12. The number of non-ortho nitro benzene ring substituents is 1. The Morgan fingerprint density at radius 3 is 2.14 bits per heavy atom. The number of pyridine rings is 1. The van der Waals surface area contributed by atoms with Crippen LogP contribution in [-0.2, 0) is 0 Å².